The van der Waals surface area contributed by atoms with Crippen molar-refractivity contribution in [3.05, 3.63) is 59.9 Å². The summed E-state index contributed by atoms with van der Waals surface area (Å²) in [5.41, 5.74) is 2.89. The number of nitrogens with one attached hydrogen (secondary N) is 1. The average Bonchev–Trinajstić information content (AvgIpc) is 2.67. The van der Waals surface area contributed by atoms with Crippen molar-refractivity contribution in [2.24, 2.45) is 0 Å². The molecule has 3 aromatic rings. The molecule has 1 N–H and O–H groups in total. The number of methoxy groups -OCH3 is 2. The maximum Gasteiger partial charge on any atom is 0.253 e. The van der Waals surface area contributed by atoms with Crippen LogP contribution in [0.4, 0.5) is 0 Å². The Labute approximate surface area is 145 Å². The van der Waals surface area contributed by atoms with E-state index in [0.29, 0.717) is 41.1 Å². The third-order valence-electron chi connectivity index (χ3n) is 3.89. The summed E-state index contributed by atoms with van der Waals surface area (Å²) in [4.78, 5) is 20.9. The number of ether oxygens (including phenoxy) is 2. The van der Waals surface area contributed by atoms with E-state index < -0.39 is 0 Å². The fourth-order valence-electron chi connectivity index (χ4n) is 2.63. The van der Waals surface area contributed by atoms with Crippen LogP contribution in [0.25, 0.3) is 11.0 Å². The monoisotopic (exact) mass is 337 g/mol. The molecule has 0 unspecified atom stereocenters. The minimum atomic E-state index is -0.161. The number of rotatable bonds is 6. The number of amides is 1. The molecule has 0 saturated heterocycles. The van der Waals surface area contributed by atoms with Crippen LogP contribution in [0, 0.1) is 0 Å². The second-order valence-corrected chi connectivity index (χ2v) is 5.42. The van der Waals surface area contributed by atoms with Crippen molar-refractivity contribution in [2.45, 2.75) is 6.42 Å². The first-order valence-electron chi connectivity index (χ1n) is 7.91. The van der Waals surface area contributed by atoms with Gasteiger partial charge in [0.1, 0.15) is 5.52 Å². The predicted molar refractivity (Wildman–Crippen MR) is 95.1 cm³/mol. The number of carbonyl (C=O) groups is 1. The first kappa shape index (κ1) is 16.7. The molecule has 0 aliphatic carbocycles. The largest absolute Gasteiger partial charge is 0.493 e. The zero-order valence-electron chi connectivity index (χ0n) is 14.2. The smallest absolute Gasteiger partial charge is 0.253 e. The van der Waals surface area contributed by atoms with E-state index in [1.807, 2.05) is 24.3 Å². The highest BCUT2D eigenvalue weighted by atomic mass is 16.5. The lowest BCUT2D eigenvalue weighted by atomic mass is 10.1. The first-order valence-corrected chi connectivity index (χ1v) is 7.91. The van der Waals surface area contributed by atoms with Gasteiger partial charge in [0, 0.05) is 18.9 Å². The molecule has 1 amide bonds. The zero-order chi connectivity index (χ0) is 17.6. The van der Waals surface area contributed by atoms with Gasteiger partial charge >= 0.3 is 0 Å². The molecule has 0 atom stereocenters. The number of para-hydroxylation sites is 1. The zero-order valence-corrected chi connectivity index (χ0v) is 14.2. The van der Waals surface area contributed by atoms with E-state index in [4.69, 9.17) is 9.47 Å². The van der Waals surface area contributed by atoms with Gasteiger partial charge in [0.2, 0.25) is 0 Å². The van der Waals surface area contributed by atoms with Crippen LogP contribution >= 0.6 is 0 Å². The number of fused-ring (bicyclic) bond motifs is 1. The fraction of sp³-hybridized carbons (Fsp3) is 0.211. The Balaban J connectivity index is 1.66. The fourth-order valence-corrected chi connectivity index (χ4v) is 2.63. The Kier molecular flexibility index (Phi) is 5.09. The van der Waals surface area contributed by atoms with Crippen LogP contribution in [-0.4, -0.2) is 36.6 Å². The number of benzene rings is 2. The quantitative estimate of drug-likeness (QED) is 0.748. The molecule has 0 spiro atoms. The Hall–Kier alpha value is -3.15. The van der Waals surface area contributed by atoms with Crippen molar-refractivity contribution >= 4 is 16.9 Å². The molecule has 0 aliphatic heterocycles. The standard InChI is InChI=1S/C19H19N3O3/c1-24-16-7-6-13(12-17(16)25-2)8-9-22-19(23)14-4-3-5-15-18(14)21-11-10-20-15/h3-7,10-12H,8-9H2,1-2H3,(H,22,23). The number of hydrogen-bond donors (Lipinski definition) is 1. The van der Waals surface area contributed by atoms with Gasteiger partial charge in [0.25, 0.3) is 5.91 Å². The molecule has 6 nitrogen and oxygen atoms in total. The minimum Gasteiger partial charge on any atom is -0.493 e. The van der Waals surface area contributed by atoms with Gasteiger partial charge in [-0.25, -0.2) is 0 Å². The minimum absolute atomic E-state index is 0.161. The van der Waals surface area contributed by atoms with Gasteiger partial charge in [-0.05, 0) is 36.2 Å². The second kappa shape index (κ2) is 7.61. The van der Waals surface area contributed by atoms with Gasteiger partial charge in [-0.1, -0.05) is 12.1 Å². The van der Waals surface area contributed by atoms with Crippen LogP contribution in [0.2, 0.25) is 0 Å². The molecule has 0 saturated carbocycles. The van der Waals surface area contributed by atoms with Crippen molar-refractivity contribution in [3.8, 4) is 11.5 Å². The summed E-state index contributed by atoms with van der Waals surface area (Å²) in [7, 11) is 3.20. The van der Waals surface area contributed by atoms with Crippen LogP contribution in [0.15, 0.2) is 48.8 Å². The van der Waals surface area contributed by atoms with Crippen LogP contribution in [0.3, 0.4) is 0 Å². The van der Waals surface area contributed by atoms with E-state index in [1.54, 1.807) is 38.7 Å². The van der Waals surface area contributed by atoms with Gasteiger partial charge in [0.15, 0.2) is 11.5 Å². The maximum absolute atomic E-state index is 12.4. The second-order valence-electron chi connectivity index (χ2n) is 5.42. The highest BCUT2D eigenvalue weighted by molar-refractivity contribution is 6.04. The normalized spacial score (nSPS) is 10.5. The van der Waals surface area contributed by atoms with E-state index in [1.165, 1.54) is 0 Å². The van der Waals surface area contributed by atoms with Gasteiger partial charge in [-0.3, -0.25) is 14.8 Å². The molecule has 3 rings (SSSR count). The van der Waals surface area contributed by atoms with E-state index in [-0.39, 0.29) is 5.91 Å². The molecular weight excluding hydrogens is 318 g/mol. The number of aromatic nitrogens is 2. The summed E-state index contributed by atoms with van der Waals surface area (Å²) < 4.78 is 10.5. The summed E-state index contributed by atoms with van der Waals surface area (Å²) >= 11 is 0. The van der Waals surface area contributed by atoms with Crippen molar-refractivity contribution in [1.29, 1.82) is 0 Å². The Morgan fingerprint density at radius 3 is 2.64 bits per heavy atom. The Morgan fingerprint density at radius 1 is 1.04 bits per heavy atom. The molecule has 2 aromatic carbocycles. The lowest BCUT2D eigenvalue weighted by Crippen LogP contribution is -2.26. The van der Waals surface area contributed by atoms with Crippen molar-refractivity contribution in [1.82, 2.24) is 15.3 Å². The summed E-state index contributed by atoms with van der Waals surface area (Å²) in [5, 5.41) is 2.93. The average molecular weight is 337 g/mol. The third kappa shape index (κ3) is 3.68. The van der Waals surface area contributed by atoms with E-state index in [9.17, 15) is 4.79 Å². The summed E-state index contributed by atoms with van der Waals surface area (Å²) in [6.45, 7) is 0.505. The van der Waals surface area contributed by atoms with Gasteiger partial charge in [0.05, 0.1) is 25.3 Å². The van der Waals surface area contributed by atoms with Crippen molar-refractivity contribution in [3.63, 3.8) is 0 Å². The highest BCUT2D eigenvalue weighted by Crippen LogP contribution is 2.27. The number of hydrogen-bond acceptors (Lipinski definition) is 5. The van der Waals surface area contributed by atoms with E-state index in [2.05, 4.69) is 15.3 Å². The van der Waals surface area contributed by atoms with Crippen molar-refractivity contribution in [2.75, 3.05) is 20.8 Å². The molecule has 0 fully saturated rings. The highest BCUT2D eigenvalue weighted by Gasteiger charge is 2.11. The van der Waals surface area contributed by atoms with Crippen LogP contribution in [-0.2, 0) is 6.42 Å². The molecule has 128 valence electrons. The molecule has 25 heavy (non-hydrogen) atoms. The van der Waals surface area contributed by atoms with E-state index >= 15 is 0 Å². The number of carbonyl (C=O) groups excluding carboxylic acids is 1. The van der Waals surface area contributed by atoms with Gasteiger partial charge < -0.3 is 14.8 Å². The molecule has 0 aliphatic rings. The third-order valence-corrected chi connectivity index (χ3v) is 3.89. The van der Waals surface area contributed by atoms with Gasteiger partial charge in [-0.15, -0.1) is 0 Å². The van der Waals surface area contributed by atoms with Crippen LogP contribution in [0.1, 0.15) is 15.9 Å². The van der Waals surface area contributed by atoms with Gasteiger partial charge in [-0.2, -0.15) is 0 Å². The topological polar surface area (TPSA) is 73.3 Å². The van der Waals surface area contributed by atoms with Crippen LogP contribution < -0.4 is 14.8 Å². The summed E-state index contributed by atoms with van der Waals surface area (Å²) in [6.07, 6.45) is 3.88. The molecule has 0 radical (unpaired) electrons. The number of nitrogens with zero attached hydrogens (tertiary/aromatic N) is 2. The molecule has 6 heteroatoms. The lowest BCUT2D eigenvalue weighted by molar-refractivity contribution is 0.0955. The summed E-state index contributed by atoms with van der Waals surface area (Å²) in [5.74, 6) is 1.20. The predicted octanol–water partition coefficient (Wildman–Crippen LogP) is 2.62. The lowest BCUT2D eigenvalue weighted by Gasteiger charge is -2.10. The SMILES string of the molecule is COc1ccc(CCNC(=O)c2cccc3nccnc23)cc1OC. The Bertz CT molecular complexity index is 891. The van der Waals surface area contributed by atoms with E-state index in [0.717, 1.165) is 5.56 Å². The maximum atomic E-state index is 12.4. The first-order chi connectivity index (χ1) is 12.2. The molecule has 1 aromatic heterocycles. The summed E-state index contributed by atoms with van der Waals surface area (Å²) in [6, 6.07) is 11.1. The molecule has 0 bridgehead atoms. The molecule has 1 heterocycles. The molecular formula is C19H19N3O3. The Morgan fingerprint density at radius 2 is 1.84 bits per heavy atom. The van der Waals surface area contributed by atoms with Crippen LogP contribution in [0.5, 0.6) is 11.5 Å². The van der Waals surface area contributed by atoms with Crippen molar-refractivity contribution < 1.29 is 14.3 Å².